The number of benzene rings is 1. The highest BCUT2D eigenvalue weighted by atomic mass is 35.5. The van der Waals surface area contributed by atoms with Crippen molar-refractivity contribution in [3.63, 3.8) is 0 Å². The summed E-state index contributed by atoms with van der Waals surface area (Å²) in [5, 5.41) is 10.2. The van der Waals surface area contributed by atoms with Gasteiger partial charge in [-0.2, -0.15) is 0 Å². The highest BCUT2D eigenvalue weighted by Crippen LogP contribution is 2.32. The van der Waals surface area contributed by atoms with Crippen LogP contribution in [0.1, 0.15) is 16.1 Å². The minimum absolute atomic E-state index is 0.0631. The van der Waals surface area contributed by atoms with E-state index in [1.54, 1.807) is 30.3 Å². The van der Waals surface area contributed by atoms with Gasteiger partial charge < -0.3 is 5.11 Å². The van der Waals surface area contributed by atoms with Gasteiger partial charge in [-0.05, 0) is 29.8 Å². The van der Waals surface area contributed by atoms with Crippen molar-refractivity contribution in [2.24, 2.45) is 0 Å². The molecular formula is C13H9Cl2NO2S. The molecule has 1 N–H and O–H groups in total. The van der Waals surface area contributed by atoms with E-state index in [2.05, 4.69) is 4.98 Å². The lowest BCUT2D eigenvalue weighted by Gasteiger charge is -2.06. The van der Waals surface area contributed by atoms with Gasteiger partial charge in [0.2, 0.25) is 0 Å². The molecule has 0 fully saturated rings. The molecular weight excluding hydrogens is 305 g/mol. The number of pyridine rings is 1. The number of hydrogen-bond donors (Lipinski definition) is 1. The molecule has 0 radical (unpaired) electrons. The second-order valence-electron chi connectivity index (χ2n) is 3.68. The number of carboxylic acid groups (broad SMARTS) is 1. The molecule has 0 aliphatic rings. The SMILES string of the molecule is O=C(O)c1ncccc1CSc1cc(Cl)ccc1Cl. The van der Waals surface area contributed by atoms with E-state index in [1.807, 2.05) is 0 Å². The quantitative estimate of drug-likeness (QED) is 0.851. The average molecular weight is 314 g/mol. The summed E-state index contributed by atoms with van der Waals surface area (Å²) in [6.45, 7) is 0. The topological polar surface area (TPSA) is 50.2 Å². The van der Waals surface area contributed by atoms with Crippen molar-refractivity contribution in [3.8, 4) is 0 Å². The third-order valence-electron chi connectivity index (χ3n) is 2.37. The Bertz CT molecular complexity index is 619. The zero-order valence-corrected chi connectivity index (χ0v) is 12.0. The second kappa shape index (κ2) is 6.28. The molecule has 0 saturated heterocycles. The fourth-order valence-electron chi connectivity index (χ4n) is 1.49. The van der Waals surface area contributed by atoms with Crippen molar-refractivity contribution in [1.29, 1.82) is 0 Å². The van der Waals surface area contributed by atoms with Gasteiger partial charge in [-0.3, -0.25) is 0 Å². The van der Waals surface area contributed by atoms with Crippen molar-refractivity contribution in [3.05, 3.63) is 57.8 Å². The number of aromatic carboxylic acids is 1. The molecule has 3 nitrogen and oxygen atoms in total. The van der Waals surface area contributed by atoms with Crippen molar-refractivity contribution in [2.75, 3.05) is 0 Å². The van der Waals surface area contributed by atoms with Gasteiger partial charge in [0.05, 0.1) is 5.02 Å². The Morgan fingerprint density at radius 2 is 2.11 bits per heavy atom. The molecule has 1 heterocycles. The van der Waals surface area contributed by atoms with Gasteiger partial charge in [0.25, 0.3) is 0 Å². The number of aromatic nitrogens is 1. The summed E-state index contributed by atoms with van der Waals surface area (Å²) >= 11 is 13.4. The number of rotatable bonds is 4. The molecule has 2 rings (SSSR count). The molecule has 2 aromatic rings. The number of carbonyl (C=O) groups is 1. The third kappa shape index (κ3) is 3.62. The monoisotopic (exact) mass is 313 g/mol. The number of thioether (sulfide) groups is 1. The van der Waals surface area contributed by atoms with E-state index in [-0.39, 0.29) is 5.69 Å². The molecule has 19 heavy (non-hydrogen) atoms. The van der Waals surface area contributed by atoms with Crippen LogP contribution in [0, 0.1) is 0 Å². The fourth-order valence-corrected chi connectivity index (χ4v) is 2.97. The van der Waals surface area contributed by atoms with Crippen LogP contribution in [0.5, 0.6) is 0 Å². The van der Waals surface area contributed by atoms with Gasteiger partial charge in [0, 0.05) is 21.9 Å². The maximum absolute atomic E-state index is 11.0. The molecule has 0 bridgehead atoms. The summed E-state index contributed by atoms with van der Waals surface area (Å²) < 4.78 is 0. The van der Waals surface area contributed by atoms with Crippen molar-refractivity contribution >= 4 is 40.9 Å². The van der Waals surface area contributed by atoms with Crippen molar-refractivity contribution in [2.45, 2.75) is 10.6 Å². The first-order valence-corrected chi connectivity index (χ1v) is 7.07. The van der Waals surface area contributed by atoms with E-state index >= 15 is 0 Å². The van der Waals surface area contributed by atoms with Crippen LogP contribution in [-0.4, -0.2) is 16.1 Å². The summed E-state index contributed by atoms with van der Waals surface area (Å²) in [6, 6.07) is 8.63. The molecule has 1 aromatic heterocycles. The van der Waals surface area contributed by atoms with Crippen molar-refractivity contribution < 1.29 is 9.90 Å². The van der Waals surface area contributed by atoms with Gasteiger partial charge >= 0.3 is 5.97 Å². The van der Waals surface area contributed by atoms with Gasteiger partial charge in [-0.1, -0.05) is 29.3 Å². The van der Waals surface area contributed by atoms with Crippen LogP contribution in [0.15, 0.2) is 41.4 Å². The Balaban J connectivity index is 2.19. The average Bonchev–Trinajstić information content (AvgIpc) is 2.40. The largest absolute Gasteiger partial charge is 0.477 e. The van der Waals surface area contributed by atoms with Crippen LogP contribution in [0.2, 0.25) is 10.0 Å². The van der Waals surface area contributed by atoms with Crippen LogP contribution in [0.25, 0.3) is 0 Å². The van der Waals surface area contributed by atoms with Gasteiger partial charge in [0.15, 0.2) is 5.69 Å². The second-order valence-corrected chi connectivity index (χ2v) is 5.54. The Hall–Kier alpha value is -1.23. The lowest BCUT2D eigenvalue weighted by atomic mass is 10.2. The van der Waals surface area contributed by atoms with Crippen molar-refractivity contribution in [1.82, 2.24) is 4.98 Å². The van der Waals surface area contributed by atoms with Gasteiger partial charge in [-0.25, -0.2) is 9.78 Å². The Labute approximate surface area is 124 Å². The summed E-state index contributed by atoms with van der Waals surface area (Å²) in [5.41, 5.74) is 0.712. The maximum atomic E-state index is 11.0. The molecule has 0 unspecified atom stereocenters. The van der Waals surface area contributed by atoms with Gasteiger partial charge in [0.1, 0.15) is 0 Å². The lowest BCUT2D eigenvalue weighted by molar-refractivity contribution is 0.0689. The smallest absolute Gasteiger partial charge is 0.354 e. The van der Waals surface area contributed by atoms with Gasteiger partial charge in [-0.15, -0.1) is 11.8 Å². The van der Waals surface area contributed by atoms with Crippen LogP contribution in [0.4, 0.5) is 0 Å². The van der Waals surface area contributed by atoms with E-state index in [9.17, 15) is 4.79 Å². The predicted molar refractivity (Wildman–Crippen MR) is 77.2 cm³/mol. The number of nitrogens with zero attached hydrogens (tertiary/aromatic N) is 1. The zero-order valence-electron chi connectivity index (χ0n) is 9.64. The van der Waals surface area contributed by atoms with E-state index in [4.69, 9.17) is 28.3 Å². The maximum Gasteiger partial charge on any atom is 0.354 e. The Kier molecular flexibility index (Phi) is 4.69. The molecule has 0 amide bonds. The van der Waals surface area contributed by atoms with E-state index in [0.29, 0.717) is 21.4 Å². The predicted octanol–water partition coefficient (Wildman–Crippen LogP) is 4.38. The first-order chi connectivity index (χ1) is 9.08. The molecule has 0 aliphatic carbocycles. The zero-order chi connectivity index (χ0) is 13.8. The highest BCUT2D eigenvalue weighted by molar-refractivity contribution is 7.98. The first kappa shape index (κ1) is 14.2. The Morgan fingerprint density at radius 3 is 2.84 bits per heavy atom. The van der Waals surface area contributed by atoms with Crippen LogP contribution in [0.3, 0.4) is 0 Å². The summed E-state index contributed by atoms with van der Waals surface area (Å²) in [4.78, 5) is 15.7. The molecule has 1 aromatic carbocycles. The van der Waals surface area contributed by atoms with E-state index < -0.39 is 5.97 Å². The van der Waals surface area contributed by atoms with Crippen LogP contribution in [-0.2, 0) is 5.75 Å². The highest BCUT2D eigenvalue weighted by Gasteiger charge is 2.11. The normalized spacial score (nSPS) is 10.4. The van der Waals surface area contributed by atoms with E-state index in [0.717, 1.165) is 4.90 Å². The molecule has 98 valence electrons. The number of carboxylic acids is 1. The molecule has 0 saturated carbocycles. The lowest BCUT2D eigenvalue weighted by Crippen LogP contribution is -2.04. The molecule has 0 atom stereocenters. The minimum Gasteiger partial charge on any atom is -0.477 e. The minimum atomic E-state index is -1.03. The molecule has 0 aliphatic heterocycles. The Morgan fingerprint density at radius 1 is 1.32 bits per heavy atom. The van der Waals surface area contributed by atoms with Crippen LogP contribution >= 0.6 is 35.0 Å². The number of halogens is 2. The summed E-state index contributed by atoms with van der Waals surface area (Å²) in [6.07, 6.45) is 1.46. The number of hydrogen-bond acceptors (Lipinski definition) is 3. The summed E-state index contributed by atoms with van der Waals surface area (Å²) in [5.74, 6) is -0.566. The molecule has 0 spiro atoms. The molecule has 6 heteroatoms. The fraction of sp³-hybridized carbons (Fsp3) is 0.0769. The standard InChI is InChI=1S/C13H9Cl2NO2S/c14-9-3-4-10(15)11(6-9)19-7-8-2-1-5-16-12(8)13(17)18/h1-6H,7H2,(H,17,18). The van der Waals surface area contributed by atoms with E-state index in [1.165, 1.54) is 18.0 Å². The third-order valence-corrected chi connectivity index (χ3v) is 4.15. The van der Waals surface area contributed by atoms with Crippen LogP contribution < -0.4 is 0 Å². The first-order valence-electron chi connectivity index (χ1n) is 5.33. The summed E-state index contributed by atoms with van der Waals surface area (Å²) in [7, 11) is 0.